The lowest BCUT2D eigenvalue weighted by Gasteiger charge is -2.07. The van der Waals surface area contributed by atoms with Crippen LogP contribution in [0.5, 0.6) is 0 Å². The molecule has 7 nitrogen and oxygen atoms in total. The van der Waals surface area contributed by atoms with Gasteiger partial charge in [0.2, 0.25) is 0 Å². The number of urea groups is 1. The third kappa shape index (κ3) is 6.14. The first-order valence-electron chi connectivity index (χ1n) is 6.41. The number of aromatic nitrogens is 1. The van der Waals surface area contributed by atoms with Gasteiger partial charge >= 0.3 is 12.0 Å². The van der Waals surface area contributed by atoms with E-state index in [0.717, 1.165) is 12.0 Å². The zero-order valence-electron chi connectivity index (χ0n) is 11.4. The molecule has 0 atom stereocenters. The SMILES string of the molecule is CCOCCCNC(=O)NCc1ccc(C(=O)O)nc1. The largest absolute Gasteiger partial charge is 0.477 e. The summed E-state index contributed by atoms with van der Waals surface area (Å²) in [6.45, 7) is 4.05. The van der Waals surface area contributed by atoms with Crippen LogP contribution in [-0.2, 0) is 11.3 Å². The normalized spacial score (nSPS) is 10.1. The molecule has 20 heavy (non-hydrogen) atoms. The van der Waals surface area contributed by atoms with Crippen molar-refractivity contribution >= 4 is 12.0 Å². The minimum atomic E-state index is -1.07. The number of ether oxygens (including phenoxy) is 1. The molecule has 110 valence electrons. The smallest absolute Gasteiger partial charge is 0.354 e. The van der Waals surface area contributed by atoms with Crippen molar-refractivity contribution in [2.45, 2.75) is 19.9 Å². The lowest BCUT2D eigenvalue weighted by atomic mass is 10.2. The summed E-state index contributed by atoms with van der Waals surface area (Å²) in [5, 5.41) is 14.1. The maximum atomic E-state index is 11.4. The minimum absolute atomic E-state index is 0.0193. The second kappa shape index (κ2) is 8.87. The third-order valence-corrected chi connectivity index (χ3v) is 2.45. The highest BCUT2D eigenvalue weighted by Crippen LogP contribution is 1.99. The van der Waals surface area contributed by atoms with Crippen molar-refractivity contribution in [2.24, 2.45) is 0 Å². The van der Waals surface area contributed by atoms with Crippen LogP contribution in [-0.4, -0.2) is 41.8 Å². The highest BCUT2D eigenvalue weighted by Gasteiger charge is 2.04. The number of nitrogens with zero attached hydrogens (tertiary/aromatic N) is 1. The summed E-state index contributed by atoms with van der Waals surface area (Å²) < 4.78 is 5.15. The number of carboxylic acid groups (broad SMARTS) is 1. The second-order valence-corrected chi connectivity index (χ2v) is 4.02. The maximum Gasteiger partial charge on any atom is 0.354 e. The Morgan fingerprint density at radius 2 is 2.15 bits per heavy atom. The number of rotatable bonds is 8. The molecule has 0 aromatic carbocycles. The standard InChI is InChI=1S/C13H19N3O4/c1-2-20-7-3-6-14-13(19)16-9-10-4-5-11(12(17)18)15-8-10/h4-5,8H,2-3,6-7,9H2,1H3,(H,17,18)(H2,14,16,19). The lowest BCUT2D eigenvalue weighted by Crippen LogP contribution is -2.35. The molecule has 7 heteroatoms. The zero-order valence-corrected chi connectivity index (χ0v) is 11.4. The molecule has 1 aromatic rings. The summed E-state index contributed by atoms with van der Waals surface area (Å²) >= 11 is 0. The summed E-state index contributed by atoms with van der Waals surface area (Å²) in [6, 6.07) is 2.74. The Hall–Kier alpha value is -2.15. The van der Waals surface area contributed by atoms with Gasteiger partial charge in [-0.25, -0.2) is 14.6 Å². The number of carbonyl (C=O) groups excluding carboxylic acids is 1. The Labute approximate surface area is 117 Å². The Kier molecular flexibility index (Phi) is 7.05. The van der Waals surface area contributed by atoms with Crippen molar-refractivity contribution in [3.63, 3.8) is 0 Å². The van der Waals surface area contributed by atoms with E-state index in [9.17, 15) is 9.59 Å². The summed E-state index contributed by atoms with van der Waals surface area (Å²) in [5.41, 5.74) is 0.716. The van der Waals surface area contributed by atoms with Crippen molar-refractivity contribution in [3.05, 3.63) is 29.6 Å². The van der Waals surface area contributed by atoms with E-state index in [0.29, 0.717) is 26.3 Å². The zero-order chi connectivity index (χ0) is 14.8. The average Bonchev–Trinajstić information content (AvgIpc) is 2.45. The molecule has 1 aromatic heterocycles. The number of amides is 2. The summed E-state index contributed by atoms with van der Waals surface area (Å²) in [7, 11) is 0. The number of hydrogen-bond acceptors (Lipinski definition) is 4. The lowest BCUT2D eigenvalue weighted by molar-refractivity contribution is 0.0690. The van der Waals surface area contributed by atoms with Gasteiger partial charge < -0.3 is 20.5 Å². The van der Waals surface area contributed by atoms with Gasteiger partial charge in [-0.05, 0) is 25.0 Å². The number of aromatic carboxylic acids is 1. The van der Waals surface area contributed by atoms with Crippen molar-refractivity contribution in [1.29, 1.82) is 0 Å². The van der Waals surface area contributed by atoms with Crippen LogP contribution in [0.1, 0.15) is 29.4 Å². The predicted molar refractivity (Wildman–Crippen MR) is 72.5 cm³/mol. The average molecular weight is 281 g/mol. The Morgan fingerprint density at radius 1 is 1.35 bits per heavy atom. The molecule has 1 heterocycles. The molecule has 0 aliphatic heterocycles. The molecule has 0 aliphatic carbocycles. The molecule has 0 spiro atoms. The van der Waals surface area contributed by atoms with Crippen LogP contribution in [0.25, 0.3) is 0 Å². The molecule has 0 unspecified atom stereocenters. The van der Waals surface area contributed by atoms with E-state index in [4.69, 9.17) is 9.84 Å². The van der Waals surface area contributed by atoms with Gasteiger partial charge in [-0.2, -0.15) is 0 Å². The number of pyridine rings is 1. The van der Waals surface area contributed by atoms with Gasteiger partial charge in [-0.3, -0.25) is 0 Å². The summed E-state index contributed by atoms with van der Waals surface area (Å²) in [5.74, 6) is -1.07. The first-order valence-corrected chi connectivity index (χ1v) is 6.41. The monoisotopic (exact) mass is 281 g/mol. The first kappa shape index (κ1) is 15.9. The number of carboxylic acids is 1. The highest BCUT2D eigenvalue weighted by molar-refractivity contribution is 5.85. The number of hydrogen-bond donors (Lipinski definition) is 3. The Bertz CT molecular complexity index is 434. The van der Waals surface area contributed by atoms with Crippen molar-refractivity contribution in [1.82, 2.24) is 15.6 Å². The Balaban J connectivity index is 2.22. The first-order chi connectivity index (χ1) is 9.63. The highest BCUT2D eigenvalue weighted by atomic mass is 16.5. The predicted octanol–water partition coefficient (Wildman–Crippen LogP) is 1.01. The fourth-order valence-electron chi connectivity index (χ4n) is 1.42. The van der Waals surface area contributed by atoms with Crippen LogP contribution in [0, 0.1) is 0 Å². The molecule has 3 N–H and O–H groups in total. The minimum Gasteiger partial charge on any atom is -0.477 e. The van der Waals surface area contributed by atoms with Crippen molar-refractivity contribution < 1.29 is 19.4 Å². The molecule has 0 fully saturated rings. The van der Waals surface area contributed by atoms with E-state index in [-0.39, 0.29) is 11.7 Å². The number of nitrogens with one attached hydrogen (secondary N) is 2. The molecular formula is C13H19N3O4. The van der Waals surface area contributed by atoms with Crippen molar-refractivity contribution in [2.75, 3.05) is 19.8 Å². The van der Waals surface area contributed by atoms with Gasteiger partial charge in [0.05, 0.1) is 0 Å². The fourth-order valence-corrected chi connectivity index (χ4v) is 1.42. The van der Waals surface area contributed by atoms with Gasteiger partial charge in [0.1, 0.15) is 5.69 Å². The van der Waals surface area contributed by atoms with Gasteiger partial charge in [0.25, 0.3) is 0 Å². The van der Waals surface area contributed by atoms with Crippen LogP contribution in [0.2, 0.25) is 0 Å². The molecule has 0 saturated carbocycles. The van der Waals surface area contributed by atoms with Gasteiger partial charge in [0.15, 0.2) is 0 Å². The fraction of sp³-hybridized carbons (Fsp3) is 0.462. The van der Waals surface area contributed by atoms with E-state index in [1.807, 2.05) is 6.92 Å². The molecule has 0 saturated heterocycles. The van der Waals surface area contributed by atoms with E-state index in [1.165, 1.54) is 12.3 Å². The van der Waals surface area contributed by atoms with E-state index in [2.05, 4.69) is 15.6 Å². The van der Waals surface area contributed by atoms with Gasteiger partial charge in [0, 0.05) is 32.5 Å². The number of carbonyl (C=O) groups is 2. The van der Waals surface area contributed by atoms with Crippen LogP contribution >= 0.6 is 0 Å². The molecular weight excluding hydrogens is 262 g/mol. The van der Waals surface area contributed by atoms with Crippen molar-refractivity contribution in [3.8, 4) is 0 Å². The van der Waals surface area contributed by atoms with Crippen LogP contribution in [0.4, 0.5) is 4.79 Å². The topological polar surface area (TPSA) is 101 Å². The van der Waals surface area contributed by atoms with E-state index in [1.54, 1.807) is 6.07 Å². The Morgan fingerprint density at radius 3 is 2.75 bits per heavy atom. The van der Waals surface area contributed by atoms with E-state index < -0.39 is 5.97 Å². The van der Waals surface area contributed by atoms with Crippen LogP contribution in [0.3, 0.4) is 0 Å². The summed E-state index contributed by atoms with van der Waals surface area (Å²) in [4.78, 5) is 25.8. The maximum absolute atomic E-state index is 11.4. The third-order valence-electron chi connectivity index (χ3n) is 2.45. The molecule has 0 radical (unpaired) electrons. The van der Waals surface area contributed by atoms with Crippen LogP contribution in [0.15, 0.2) is 18.3 Å². The second-order valence-electron chi connectivity index (χ2n) is 4.02. The van der Waals surface area contributed by atoms with Crippen LogP contribution < -0.4 is 10.6 Å². The quantitative estimate of drug-likeness (QED) is 0.617. The van der Waals surface area contributed by atoms with Gasteiger partial charge in [-0.15, -0.1) is 0 Å². The molecule has 2 amide bonds. The van der Waals surface area contributed by atoms with E-state index >= 15 is 0 Å². The van der Waals surface area contributed by atoms with Gasteiger partial charge in [-0.1, -0.05) is 6.07 Å². The molecule has 1 rings (SSSR count). The molecule has 0 bridgehead atoms. The molecule has 0 aliphatic rings. The summed E-state index contributed by atoms with van der Waals surface area (Å²) in [6.07, 6.45) is 2.19.